The van der Waals surface area contributed by atoms with Crippen molar-refractivity contribution in [3.63, 3.8) is 0 Å². The minimum atomic E-state index is 0.594. The largest absolute Gasteiger partial charge is 0.310 e. The van der Waals surface area contributed by atoms with Crippen molar-refractivity contribution in [3.05, 3.63) is 22.4 Å². The van der Waals surface area contributed by atoms with Crippen LogP contribution in [0.2, 0.25) is 0 Å². The van der Waals surface area contributed by atoms with E-state index in [9.17, 15) is 0 Å². The zero-order valence-corrected chi connectivity index (χ0v) is 11.9. The lowest BCUT2D eigenvalue weighted by molar-refractivity contribution is 0.177. The van der Waals surface area contributed by atoms with Crippen LogP contribution < -0.4 is 5.32 Å². The molecular formula is C15H25NS. The molecule has 3 unspecified atom stereocenters. The molecule has 0 radical (unpaired) electrons. The Bertz CT molecular complexity index is 307. The summed E-state index contributed by atoms with van der Waals surface area (Å²) < 4.78 is 0. The van der Waals surface area contributed by atoms with Crippen molar-refractivity contribution < 1.29 is 0 Å². The van der Waals surface area contributed by atoms with Crippen molar-refractivity contribution in [1.29, 1.82) is 0 Å². The second-order valence-corrected chi connectivity index (χ2v) is 5.99. The number of hydrogen-bond acceptors (Lipinski definition) is 2. The summed E-state index contributed by atoms with van der Waals surface area (Å²) in [4.78, 5) is 0. The van der Waals surface area contributed by atoms with E-state index in [1.165, 1.54) is 37.7 Å². The maximum absolute atomic E-state index is 3.73. The number of rotatable bonds is 5. The molecule has 1 saturated carbocycles. The lowest BCUT2D eigenvalue weighted by Gasteiger charge is -2.37. The van der Waals surface area contributed by atoms with Crippen LogP contribution in [-0.4, -0.2) is 6.54 Å². The van der Waals surface area contributed by atoms with E-state index in [1.54, 1.807) is 0 Å². The normalized spacial score (nSPS) is 26.9. The summed E-state index contributed by atoms with van der Waals surface area (Å²) in [5.74, 6) is 1.77. The molecule has 1 aromatic rings. The highest BCUT2D eigenvalue weighted by Crippen LogP contribution is 2.40. The first-order valence-corrected chi connectivity index (χ1v) is 8.06. The highest BCUT2D eigenvalue weighted by atomic mass is 32.1. The van der Waals surface area contributed by atoms with E-state index in [1.807, 2.05) is 11.3 Å². The maximum atomic E-state index is 3.73. The monoisotopic (exact) mass is 251 g/mol. The highest BCUT2D eigenvalue weighted by Gasteiger charge is 2.31. The smallest absolute Gasteiger partial charge is 0.0359 e. The molecule has 0 aromatic carbocycles. The fourth-order valence-corrected chi connectivity index (χ4v) is 4.07. The molecule has 0 amide bonds. The summed E-state index contributed by atoms with van der Waals surface area (Å²) in [7, 11) is 0. The summed E-state index contributed by atoms with van der Waals surface area (Å²) in [6, 6.07) is 2.90. The zero-order chi connectivity index (χ0) is 12.1. The minimum Gasteiger partial charge on any atom is -0.310 e. The molecule has 0 aliphatic heterocycles. The first-order chi connectivity index (χ1) is 8.36. The second kappa shape index (κ2) is 6.55. The van der Waals surface area contributed by atoms with Crippen molar-refractivity contribution in [1.82, 2.24) is 5.32 Å². The third-order valence-corrected chi connectivity index (χ3v) is 4.95. The molecular weight excluding hydrogens is 226 g/mol. The summed E-state index contributed by atoms with van der Waals surface area (Å²) in [5.41, 5.74) is 1.52. The standard InChI is InChI=1S/C15H25NS/c1-3-12-7-5-6-8-14(12)15(16-4-2)13-9-10-17-11-13/h9-12,14-16H,3-8H2,1-2H3. The number of nitrogens with one attached hydrogen (secondary N) is 1. The van der Waals surface area contributed by atoms with Crippen LogP contribution in [0.15, 0.2) is 16.8 Å². The van der Waals surface area contributed by atoms with E-state index >= 15 is 0 Å². The van der Waals surface area contributed by atoms with Crippen LogP contribution in [0.1, 0.15) is 57.6 Å². The van der Waals surface area contributed by atoms with E-state index in [4.69, 9.17) is 0 Å². The van der Waals surface area contributed by atoms with Gasteiger partial charge in [0.25, 0.3) is 0 Å². The molecule has 0 spiro atoms. The van der Waals surface area contributed by atoms with Crippen LogP contribution >= 0.6 is 11.3 Å². The van der Waals surface area contributed by atoms with E-state index in [0.29, 0.717) is 6.04 Å². The van der Waals surface area contributed by atoms with Crippen molar-refractivity contribution in [3.8, 4) is 0 Å². The van der Waals surface area contributed by atoms with Gasteiger partial charge in [-0.1, -0.05) is 39.5 Å². The van der Waals surface area contributed by atoms with Gasteiger partial charge in [-0.25, -0.2) is 0 Å². The van der Waals surface area contributed by atoms with Crippen LogP contribution in [0.25, 0.3) is 0 Å². The molecule has 1 aromatic heterocycles. The Morgan fingerprint density at radius 1 is 1.35 bits per heavy atom. The predicted octanol–water partition coefficient (Wildman–Crippen LogP) is 4.62. The molecule has 0 saturated heterocycles. The molecule has 1 aliphatic rings. The molecule has 3 atom stereocenters. The Morgan fingerprint density at radius 3 is 2.82 bits per heavy atom. The van der Waals surface area contributed by atoms with Crippen LogP contribution in [0.3, 0.4) is 0 Å². The summed E-state index contributed by atoms with van der Waals surface area (Å²) in [5, 5.41) is 8.27. The second-order valence-electron chi connectivity index (χ2n) is 5.21. The third-order valence-electron chi connectivity index (χ3n) is 4.25. The molecule has 1 nitrogen and oxygen atoms in total. The molecule has 96 valence electrons. The first-order valence-electron chi connectivity index (χ1n) is 7.12. The summed E-state index contributed by atoms with van der Waals surface area (Å²) in [6.45, 7) is 5.66. The quantitative estimate of drug-likeness (QED) is 0.805. The van der Waals surface area contributed by atoms with E-state index in [2.05, 4.69) is 36.0 Å². The Morgan fingerprint density at radius 2 is 2.18 bits per heavy atom. The Hall–Kier alpha value is -0.340. The highest BCUT2D eigenvalue weighted by molar-refractivity contribution is 7.07. The zero-order valence-electron chi connectivity index (χ0n) is 11.1. The van der Waals surface area contributed by atoms with Gasteiger partial charge in [-0.2, -0.15) is 11.3 Å². The lowest BCUT2D eigenvalue weighted by Crippen LogP contribution is -2.34. The minimum absolute atomic E-state index is 0.594. The molecule has 0 bridgehead atoms. The average Bonchev–Trinajstić information content (AvgIpc) is 2.89. The number of thiophene rings is 1. The molecule has 1 fully saturated rings. The van der Waals surface area contributed by atoms with E-state index < -0.39 is 0 Å². The first kappa shape index (κ1) is 13.1. The van der Waals surface area contributed by atoms with Gasteiger partial charge in [0.15, 0.2) is 0 Å². The summed E-state index contributed by atoms with van der Waals surface area (Å²) in [6.07, 6.45) is 7.06. The summed E-state index contributed by atoms with van der Waals surface area (Å²) >= 11 is 1.83. The SMILES string of the molecule is CCNC(c1ccsc1)C1CCCCC1CC. The molecule has 17 heavy (non-hydrogen) atoms. The van der Waals surface area contributed by atoms with Crippen molar-refractivity contribution in [2.24, 2.45) is 11.8 Å². The van der Waals surface area contributed by atoms with Crippen molar-refractivity contribution in [2.75, 3.05) is 6.54 Å². The molecule has 1 heterocycles. The van der Waals surface area contributed by atoms with Gasteiger partial charge >= 0.3 is 0 Å². The van der Waals surface area contributed by atoms with Gasteiger partial charge in [-0.15, -0.1) is 0 Å². The van der Waals surface area contributed by atoms with Crippen LogP contribution in [-0.2, 0) is 0 Å². The van der Waals surface area contributed by atoms with Gasteiger partial charge in [0.2, 0.25) is 0 Å². The molecule has 2 heteroatoms. The molecule has 1 N–H and O–H groups in total. The van der Waals surface area contributed by atoms with Gasteiger partial charge < -0.3 is 5.32 Å². The topological polar surface area (TPSA) is 12.0 Å². The van der Waals surface area contributed by atoms with Crippen LogP contribution in [0.4, 0.5) is 0 Å². The Kier molecular flexibility index (Phi) is 5.05. The van der Waals surface area contributed by atoms with Gasteiger partial charge in [-0.05, 0) is 47.2 Å². The van der Waals surface area contributed by atoms with E-state index in [0.717, 1.165) is 18.4 Å². The fraction of sp³-hybridized carbons (Fsp3) is 0.733. The molecule has 1 aliphatic carbocycles. The number of hydrogen-bond donors (Lipinski definition) is 1. The third kappa shape index (κ3) is 3.11. The average molecular weight is 251 g/mol. The van der Waals surface area contributed by atoms with E-state index in [-0.39, 0.29) is 0 Å². The molecule has 2 rings (SSSR count). The van der Waals surface area contributed by atoms with Crippen LogP contribution in [0, 0.1) is 11.8 Å². The lowest BCUT2D eigenvalue weighted by atomic mass is 9.72. The van der Waals surface area contributed by atoms with Crippen LogP contribution in [0.5, 0.6) is 0 Å². The fourth-order valence-electron chi connectivity index (χ4n) is 3.37. The maximum Gasteiger partial charge on any atom is 0.0359 e. The van der Waals surface area contributed by atoms with Gasteiger partial charge in [0.1, 0.15) is 0 Å². The van der Waals surface area contributed by atoms with Crippen molar-refractivity contribution in [2.45, 2.75) is 52.0 Å². The van der Waals surface area contributed by atoms with Gasteiger partial charge in [-0.3, -0.25) is 0 Å². The predicted molar refractivity (Wildman–Crippen MR) is 76.5 cm³/mol. The Labute approximate surface area is 110 Å². The van der Waals surface area contributed by atoms with Gasteiger partial charge in [0, 0.05) is 6.04 Å². The van der Waals surface area contributed by atoms with Crippen molar-refractivity contribution >= 4 is 11.3 Å². The van der Waals surface area contributed by atoms with Gasteiger partial charge in [0.05, 0.1) is 0 Å². The Balaban J connectivity index is 2.13.